The lowest BCUT2D eigenvalue weighted by molar-refractivity contribution is 0.193. The first kappa shape index (κ1) is 11.6. The van der Waals surface area contributed by atoms with Gasteiger partial charge in [0.25, 0.3) is 0 Å². The molecule has 2 heteroatoms. The fraction of sp³-hybridized carbons (Fsp3) is 0.571. The Labute approximate surface area is 97.5 Å². The van der Waals surface area contributed by atoms with E-state index in [9.17, 15) is 0 Å². The highest BCUT2D eigenvalue weighted by Crippen LogP contribution is 2.37. The predicted molar refractivity (Wildman–Crippen MR) is 66.3 cm³/mol. The van der Waals surface area contributed by atoms with Crippen molar-refractivity contribution in [3.8, 4) is 0 Å². The minimum Gasteiger partial charge on any atom is -0.396 e. The Morgan fingerprint density at radius 2 is 1.81 bits per heavy atom. The lowest BCUT2D eigenvalue weighted by atomic mass is 9.73. The maximum Gasteiger partial charge on any atom is 0.0448 e. The average molecular weight is 219 g/mol. The molecule has 3 N–H and O–H groups in total. The van der Waals surface area contributed by atoms with E-state index in [1.165, 1.54) is 5.56 Å². The van der Waals surface area contributed by atoms with Crippen LogP contribution in [0.1, 0.15) is 43.6 Å². The number of hydrogen-bond donors (Lipinski definition) is 2. The molecule has 1 aromatic rings. The Bertz CT molecular complexity index is 315. The fourth-order valence-corrected chi connectivity index (χ4v) is 2.72. The van der Waals surface area contributed by atoms with E-state index in [0.717, 1.165) is 32.1 Å². The smallest absolute Gasteiger partial charge is 0.0448 e. The van der Waals surface area contributed by atoms with Gasteiger partial charge in [0, 0.05) is 12.1 Å². The second kappa shape index (κ2) is 4.98. The highest BCUT2D eigenvalue weighted by atomic mass is 16.3. The van der Waals surface area contributed by atoms with Gasteiger partial charge >= 0.3 is 0 Å². The number of aliphatic hydroxyl groups is 1. The molecule has 0 unspecified atom stereocenters. The molecule has 1 aliphatic carbocycles. The SMILES string of the molecule is NC1(CCO)CCC(c2ccccc2)CC1. The highest BCUT2D eigenvalue weighted by molar-refractivity contribution is 5.20. The zero-order valence-corrected chi connectivity index (χ0v) is 9.73. The van der Waals surface area contributed by atoms with Crippen molar-refractivity contribution in [1.29, 1.82) is 0 Å². The van der Waals surface area contributed by atoms with E-state index in [-0.39, 0.29) is 12.1 Å². The Balaban J connectivity index is 1.95. The molecule has 0 bridgehead atoms. The molecule has 0 spiro atoms. The third kappa shape index (κ3) is 2.63. The summed E-state index contributed by atoms with van der Waals surface area (Å²) in [5.74, 6) is 0.663. The second-order valence-corrected chi connectivity index (χ2v) is 5.02. The van der Waals surface area contributed by atoms with Crippen molar-refractivity contribution in [2.45, 2.75) is 43.6 Å². The Hall–Kier alpha value is -0.860. The van der Waals surface area contributed by atoms with Crippen molar-refractivity contribution in [3.05, 3.63) is 35.9 Å². The highest BCUT2D eigenvalue weighted by Gasteiger charge is 2.31. The van der Waals surface area contributed by atoms with Gasteiger partial charge in [0.1, 0.15) is 0 Å². The van der Waals surface area contributed by atoms with Crippen molar-refractivity contribution >= 4 is 0 Å². The van der Waals surface area contributed by atoms with Crippen molar-refractivity contribution in [3.63, 3.8) is 0 Å². The zero-order valence-electron chi connectivity index (χ0n) is 9.73. The van der Waals surface area contributed by atoms with Crippen molar-refractivity contribution in [2.24, 2.45) is 5.73 Å². The lowest BCUT2D eigenvalue weighted by Gasteiger charge is -2.37. The molecule has 2 rings (SSSR count). The van der Waals surface area contributed by atoms with Crippen LogP contribution in [0.2, 0.25) is 0 Å². The first-order chi connectivity index (χ1) is 7.73. The lowest BCUT2D eigenvalue weighted by Crippen LogP contribution is -2.43. The van der Waals surface area contributed by atoms with Crippen molar-refractivity contribution in [2.75, 3.05) is 6.61 Å². The third-order valence-electron chi connectivity index (χ3n) is 3.86. The van der Waals surface area contributed by atoms with Gasteiger partial charge in [-0.3, -0.25) is 0 Å². The first-order valence-corrected chi connectivity index (χ1v) is 6.18. The van der Waals surface area contributed by atoms with Crippen LogP contribution in [-0.2, 0) is 0 Å². The van der Waals surface area contributed by atoms with E-state index in [1.807, 2.05) is 0 Å². The van der Waals surface area contributed by atoms with Crippen LogP contribution in [0.3, 0.4) is 0 Å². The molecule has 0 heterocycles. The fourth-order valence-electron chi connectivity index (χ4n) is 2.72. The number of hydrogen-bond acceptors (Lipinski definition) is 2. The summed E-state index contributed by atoms with van der Waals surface area (Å²) in [5, 5.41) is 8.99. The van der Waals surface area contributed by atoms with E-state index in [4.69, 9.17) is 10.8 Å². The maximum atomic E-state index is 8.99. The monoisotopic (exact) mass is 219 g/mol. The molecule has 1 aromatic carbocycles. The van der Waals surface area contributed by atoms with Crippen LogP contribution in [0, 0.1) is 0 Å². The predicted octanol–water partition coefficient (Wildman–Crippen LogP) is 2.42. The largest absolute Gasteiger partial charge is 0.396 e. The molecule has 0 aliphatic heterocycles. The number of nitrogens with two attached hydrogens (primary N) is 1. The summed E-state index contributed by atoms with van der Waals surface area (Å²) >= 11 is 0. The zero-order chi connectivity index (χ0) is 11.4. The van der Waals surface area contributed by atoms with Crippen LogP contribution >= 0.6 is 0 Å². The Kier molecular flexibility index (Phi) is 3.62. The summed E-state index contributed by atoms with van der Waals surface area (Å²) in [4.78, 5) is 0. The quantitative estimate of drug-likeness (QED) is 0.820. The molecule has 88 valence electrons. The summed E-state index contributed by atoms with van der Waals surface area (Å²) in [7, 11) is 0. The summed E-state index contributed by atoms with van der Waals surface area (Å²) in [6.07, 6.45) is 5.12. The average Bonchev–Trinajstić information content (AvgIpc) is 2.31. The van der Waals surface area contributed by atoms with Gasteiger partial charge in [-0.15, -0.1) is 0 Å². The van der Waals surface area contributed by atoms with Gasteiger partial charge in [0.2, 0.25) is 0 Å². The van der Waals surface area contributed by atoms with Crippen LogP contribution in [0.5, 0.6) is 0 Å². The molecule has 0 radical (unpaired) electrons. The summed E-state index contributed by atoms with van der Waals surface area (Å²) < 4.78 is 0. The van der Waals surface area contributed by atoms with Crippen LogP contribution < -0.4 is 5.73 Å². The molecule has 1 aliphatic rings. The van der Waals surface area contributed by atoms with E-state index in [1.54, 1.807) is 0 Å². The summed E-state index contributed by atoms with van der Waals surface area (Å²) in [6, 6.07) is 10.7. The summed E-state index contributed by atoms with van der Waals surface area (Å²) in [6.45, 7) is 0.215. The molecular weight excluding hydrogens is 198 g/mol. The normalized spacial score (nSPS) is 30.2. The maximum absolute atomic E-state index is 8.99. The van der Waals surface area contributed by atoms with Gasteiger partial charge in [-0.1, -0.05) is 30.3 Å². The van der Waals surface area contributed by atoms with Crippen LogP contribution in [0.25, 0.3) is 0 Å². The second-order valence-electron chi connectivity index (χ2n) is 5.02. The van der Waals surface area contributed by atoms with Gasteiger partial charge in [0.05, 0.1) is 0 Å². The minimum atomic E-state index is -0.111. The van der Waals surface area contributed by atoms with Gasteiger partial charge < -0.3 is 10.8 Å². The third-order valence-corrected chi connectivity index (χ3v) is 3.86. The van der Waals surface area contributed by atoms with E-state index < -0.39 is 0 Å². The molecule has 1 fully saturated rings. The molecule has 0 aromatic heterocycles. The Morgan fingerprint density at radius 1 is 1.19 bits per heavy atom. The van der Waals surface area contributed by atoms with E-state index >= 15 is 0 Å². The molecule has 16 heavy (non-hydrogen) atoms. The van der Waals surface area contributed by atoms with Gasteiger partial charge in [-0.2, -0.15) is 0 Å². The number of rotatable bonds is 3. The van der Waals surface area contributed by atoms with Gasteiger partial charge in [-0.05, 0) is 43.6 Å². The molecule has 2 nitrogen and oxygen atoms in total. The van der Waals surface area contributed by atoms with Gasteiger partial charge in [0.15, 0.2) is 0 Å². The van der Waals surface area contributed by atoms with Crippen molar-refractivity contribution in [1.82, 2.24) is 0 Å². The first-order valence-electron chi connectivity index (χ1n) is 6.18. The standard InChI is InChI=1S/C14H21NO/c15-14(10-11-16)8-6-13(7-9-14)12-4-2-1-3-5-12/h1-5,13,16H,6-11,15H2. The van der Waals surface area contributed by atoms with Crippen molar-refractivity contribution < 1.29 is 5.11 Å². The molecule has 1 saturated carbocycles. The summed E-state index contributed by atoms with van der Waals surface area (Å²) in [5.41, 5.74) is 7.58. The Morgan fingerprint density at radius 3 is 2.38 bits per heavy atom. The molecule has 0 atom stereocenters. The van der Waals surface area contributed by atoms with Crippen LogP contribution in [0.4, 0.5) is 0 Å². The van der Waals surface area contributed by atoms with Gasteiger partial charge in [-0.25, -0.2) is 0 Å². The van der Waals surface area contributed by atoms with E-state index in [0.29, 0.717) is 5.92 Å². The molecule has 0 saturated heterocycles. The van der Waals surface area contributed by atoms with Crippen LogP contribution in [0.15, 0.2) is 30.3 Å². The van der Waals surface area contributed by atoms with Crippen LogP contribution in [-0.4, -0.2) is 17.3 Å². The number of benzene rings is 1. The molecule has 0 amide bonds. The molecular formula is C14H21NO. The van der Waals surface area contributed by atoms with E-state index in [2.05, 4.69) is 30.3 Å². The topological polar surface area (TPSA) is 46.2 Å². The number of aliphatic hydroxyl groups excluding tert-OH is 1. The minimum absolute atomic E-state index is 0.111.